The molecule has 7 heteroatoms. The van der Waals surface area contributed by atoms with E-state index in [0.717, 1.165) is 0 Å². The van der Waals surface area contributed by atoms with Gasteiger partial charge in [-0.25, -0.2) is 0 Å². The quantitative estimate of drug-likeness (QED) is 0.697. The van der Waals surface area contributed by atoms with E-state index in [0.29, 0.717) is 11.8 Å². The molecule has 0 fully saturated rings. The van der Waals surface area contributed by atoms with Gasteiger partial charge in [0.1, 0.15) is 0 Å². The summed E-state index contributed by atoms with van der Waals surface area (Å²) in [5.41, 5.74) is 0. The molecule has 0 radical (unpaired) electrons. The van der Waals surface area contributed by atoms with Crippen LogP contribution in [0.2, 0.25) is 0 Å². The number of carbonyl (C=O) groups excluding carboxylic acids is 1. The molecule has 0 aliphatic carbocycles. The van der Waals surface area contributed by atoms with Gasteiger partial charge in [-0.15, -0.1) is 0 Å². The van der Waals surface area contributed by atoms with Gasteiger partial charge in [0.05, 0.1) is 12.4 Å². The molecule has 0 spiro atoms. The fourth-order valence-corrected chi connectivity index (χ4v) is 1.27. The number of rotatable bonds is 3. The first-order chi connectivity index (χ1) is 5.88. The molecular weight excluding hydrogens is 225 g/mol. The minimum atomic E-state index is -4.78. The van der Waals surface area contributed by atoms with Crippen molar-refractivity contribution in [1.29, 1.82) is 0 Å². The lowest BCUT2D eigenvalue weighted by Gasteiger charge is -2.05. The van der Waals surface area contributed by atoms with E-state index >= 15 is 0 Å². The fraction of sp³-hybridized carbons (Fsp3) is 0.667. The minimum Gasteiger partial charge on any atom is -0.479 e. The lowest BCUT2D eigenvalue weighted by molar-refractivity contribution is -0.167. The summed E-state index contributed by atoms with van der Waals surface area (Å²) >= 11 is 5.09. The van der Waals surface area contributed by atoms with Crippen LogP contribution < -0.4 is 0 Å². The lowest BCUT2D eigenvalue weighted by atomic mass is 10.4. The molecule has 0 aromatic rings. The summed E-state index contributed by atoms with van der Waals surface area (Å²) in [5, 5.41) is 0. The Hall–Kier alpha value is -0.300. The van der Waals surface area contributed by atoms with Crippen molar-refractivity contribution in [3.63, 3.8) is 0 Å². The largest absolute Gasteiger partial charge is 0.479 e. The van der Waals surface area contributed by atoms with Gasteiger partial charge in [0.2, 0.25) is 10.2 Å². The highest BCUT2D eigenvalue weighted by Gasteiger charge is 2.37. The van der Waals surface area contributed by atoms with Crippen LogP contribution >= 0.6 is 24.0 Å². The molecule has 0 N–H and O–H groups in total. The Morgan fingerprint density at radius 1 is 1.54 bits per heavy atom. The van der Waals surface area contributed by atoms with Crippen LogP contribution in [0.3, 0.4) is 0 Å². The average Bonchev–Trinajstić information content (AvgIpc) is 1.99. The van der Waals surface area contributed by atoms with E-state index < -0.39 is 17.7 Å². The Kier molecular flexibility index (Phi) is 5.31. The number of thioether (sulfide) groups is 1. The molecule has 2 nitrogen and oxygen atoms in total. The first-order valence-electron chi connectivity index (χ1n) is 3.27. The Bertz CT molecular complexity index is 203. The minimum absolute atomic E-state index is 0.0416. The zero-order valence-electron chi connectivity index (χ0n) is 6.68. The first-order valence-corrected chi connectivity index (χ1v) is 4.67. The molecule has 0 aliphatic heterocycles. The Balaban J connectivity index is 3.77. The Labute approximate surface area is 82.8 Å². The molecule has 0 saturated carbocycles. The SMILES string of the molecule is CCOC(=S)SCC(=O)C(F)(F)F. The van der Waals surface area contributed by atoms with E-state index in [1.54, 1.807) is 6.92 Å². The molecule has 0 heterocycles. The summed E-state index contributed by atoms with van der Waals surface area (Å²) in [6.45, 7) is 1.94. The number of alkyl halides is 3. The molecular formula is C6H7F3O2S2. The molecule has 0 bridgehead atoms. The summed E-state index contributed by atoms with van der Waals surface area (Å²) in [4.78, 5) is 10.3. The summed E-state index contributed by atoms with van der Waals surface area (Å²) in [6.07, 6.45) is -4.78. The van der Waals surface area contributed by atoms with Gasteiger partial charge < -0.3 is 4.74 Å². The topological polar surface area (TPSA) is 26.3 Å². The van der Waals surface area contributed by atoms with Crippen LogP contribution in [-0.2, 0) is 9.53 Å². The second kappa shape index (κ2) is 5.43. The second-order valence-electron chi connectivity index (χ2n) is 1.89. The van der Waals surface area contributed by atoms with Crippen molar-refractivity contribution in [2.75, 3.05) is 12.4 Å². The smallest absolute Gasteiger partial charge is 0.450 e. The Morgan fingerprint density at radius 2 is 2.08 bits per heavy atom. The average molecular weight is 232 g/mol. The van der Waals surface area contributed by atoms with Gasteiger partial charge in [0.15, 0.2) is 0 Å². The molecule has 0 aliphatic rings. The molecule has 76 valence electrons. The summed E-state index contributed by atoms with van der Waals surface area (Å²) in [5.74, 6) is -2.53. The van der Waals surface area contributed by atoms with Crippen molar-refractivity contribution in [3.8, 4) is 0 Å². The summed E-state index contributed by atoms with van der Waals surface area (Å²) in [6, 6.07) is 0. The zero-order chi connectivity index (χ0) is 10.5. The third-order valence-corrected chi connectivity index (χ3v) is 2.13. The first kappa shape index (κ1) is 12.7. The van der Waals surface area contributed by atoms with Crippen LogP contribution in [0.4, 0.5) is 13.2 Å². The van der Waals surface area contributed by atoms with E-state index in [1.165, 1.54) is 0 Å². The van der Waals surface area contributed by atoms with Gasteiger partial charge >= 0.3 is 6.18 Å². The number of thiocarbonyl (C=S) groups is 1. The fourth-order valence-electron chi connectivity index (χ4n) is 0.366. The van der Waals surface area contributed by atoms with Crippen LogP contribution in [0, 0.1) is 0 Å². The van der Waals surface area contributed by atoms with Gasteiger partial charge in [-0.3, -0.25) is 4.79 Å². The van der Waals surface area contributed by atoms with Gasteiger partial charge in [-0.05, 0) is 19.1 Å². The van der Waals surface area contributed by atoms with Crippen LogP contribution in [0.1, 0.15) is 6.92 Å². The number of carbonyl (C=O) groups is 1. The van der Waals surface area contributed by atoms with Gasteiger partial charge in [0.25, 0.3) is 0 Å². The molecule has 0 amide bonds. The molecule has 0 rings (SSSR count). The number of hydrogen-bond acceptors (Lipinski definition) is 4. The van der Waals surface area contributed by atoms with E-state index in [2.05, 4.69) is 17.0 Å². The van der Waals surface area contributed by atoms with Crippen LogP contribution in [-0.4, -0.2) is 28.7 Å². The number of halogens is 3. The standard InChI is InChI=1S/C6H7F3O2S2/c1-2-11-5(12)13-3-4(10)6(7,8)9/h2-3H2,1H3. The number of ether oxygens (including phenoxy) is 1. The third-order valence-electron chi connectivity index (χ3n) is 0.899. The van der Waals surface area contributed by atoms with Crippen molar-refractivity contribution < 1.29 is 22.7 Å². The predicted octanol–water partition coefficient (Wildman–Crippen LogP) is 2.17. The van der Waals surface area contributed by atoms with E-state index in [4.69, 9.17) is 0 Å². The van der Waals surface area contributed by atoms with E-state index in [1.807, 2.05) is 0 Å². The van der Waals surface area contributed by atoms with E-state index in [9.17, 15) is 18.0 Å². The molecule has 0 unspecified atom stereocenters. The summed E-state index contributed by atoms with van der Waals surface area (Å²) < 4.78 is 39.6. The monoisotopic (exact) mass is 232 g/mol. The maximum Gasteiger partial charge on any atom is 0.450 e. The van der Waals surface area contributed by atoms with Crippen LogP contribution in [0.5, 0.6) is 0 Å². The lowest BCUT2D eigenvalue weighted by Crippen LogP contribution is -2.25. The van der Waals surface area contributed by atoms with E-state index in [-0.39, 0.29) is 11.0 Å². The van der Waals surface area contributed by atoms with Crippen molar-refractivity contribution in [3.05, 3.63) is 0 Å². The molecule has 0 atom stereocenters. The molecule has 0 aromatic heterocycles. The second-order valence-corrected chi connectivity index (χ2v) is 3.47. The Morgan fingerprint density at radius 3 is 2.46 bits per heavy atom. The van der Waals surface area contributed by atoms with Gasteiger partial charge in [0, 0.05) is 0 Å². The maximum absolute atomic E-state index is 11.6. The number of ketones is 1. The number of Topliss-reactive ketones (excluding diaryl/α,β-unsaturated/α-hetero) is 1. The van der Waals surface area contributed by atoms with Crippen molar-refractivity contribution >= 4 is 34.1 Å². The van der Waals surface area contributed by atoms with Crippen LogP contribution in [0.25, 0.3) is 0 Å². The normalized spacial score (nSPS) is 11.1. The highest BCUT2D eigenvalue weighted by molar-refractivity contribution is 8.23. The highest BCUT2D eigenvalue weighted by atomic mass is 32.2. The van der Waals surface area contributed by atoms with Crippen molar-refractivity contribution in [2.24, 2.45) is 0 Å². The summed E-state index contributed by atoms with van der Waals surface area (Å²) in [7, 11) is 0. The highest BCUT2D eigenvalue weighted by Crippen LogP contribution is 2.19. The number of hydrogen-bond donors (Lipinski definition) is 0. The molecule has 0 saturated heterocycles. The van der Waals surface area contributed by atoms with Gasteiger partial charge in [-0.2, -0.15) is 13.2 Å². The van der Waals surface area contributed by atoms with Crippen molar-refractivity contribution in [2.45, 2.75) is 13.1 Å². The van der Waals surface area contributed by atoms with Gasteiger partial charge in [-0.1, -0.05) is 11.8 Å². The van der Waals surface area contributed by atoms with Crippen LogP contribution in [0.15, 0.2) is 0 Å². The van der Waals surface area contributed by atoms with Crippen molar-refractivity contribution in [1.82, 2.24) is 0 Å². The zero-order valence-corrected chi connectivity index (χ0v) is 8.31. The molecule has 0 aromatic carbocycles. The molecule has 13 heavy (non-hydrogen) atoms. The third kappa shape index (κ3) is 5.87. The predicted molar refractivity (Wildman–Crippen MR) is 47.7 cm³/mol. The maximum atomic E-state index is 11.6.